The summed E-state index contributed by atoms with van der Waals surface area (Å²) in [5.41, 5.74) is 3.11. The molecule has 5 nitrogen and oxygen atoms in total. The average molecular weight is 456 g/mol. The van der Waals surface area contributed by atoms with Gasteiger partial charge in [-0.25, -0.2) is 0 Å². The molecule has 1 unspecified atom stereocenters. The van der Waals surface area contributed by atoms with Crippen molar-refractivity contribution < 1.29 is 19.1 Å². The van der Waals surface area contributed by atoms with Crippen molar-refractivity contribution >= 4 is 46.3 Å². The van der Waals surface area contributed by atoms with Crippen LogP contribution >= 0.6 is 22.9 Å². The summed E-state index contributed by atoms with van der Waals surface area (Å²) < 4.78 is 6.02. The van der Waals surface area contributed by atoms with Gasteiger partial charge in [0, 0.05) is 17.7 Å². The second kappa shape index (κ2) is 10.4. The van der Waals surface area contributed by atoms with Crippen molar-refractivity contribution in [2.75, 3.05) is 5.32 Å². The van der Waals surface area contributed by atoms with Crippen LogP contribution in [0, 0.1) is 13.8 Å². The molecule has 0 aliphatic carbocycles. The fourth-order valence-corrected chi connectivity index (χ4v) is 3.97. The highest BCUT2D eigenvalue weighted by Gasteiger charge is 2.26. The Balaban J connectivity index is 1.70. The second-order valence-electron chi connectivity index (χ2n) is 7.12. The molecule has 0 bridgehead atoms. The minimum Gasteiger partial charge on any atom is -0.447 e. The molecule has 0 spiro atoms. The number of carbonyl (C=O) groups excluding carboxylic acids is 3. The highest BCUT2D eigenvalue weighted by Crippen LogP contribution is 2.25. The van der Waals surface area contributed by atoms with E-state index in [-0.39, 0.29) is 18.6 Å². The zero-order valence-corrected chi connectivity index (χ0v) is 18.8. The summed E-state index contributed by atoms with van der Waals surface area (Å²) in [7, 11) is 0. The van der Waals surface area contributed by atoms with E-state index in [9.17, 15) is 14.4 Å². The van der Waals surface area contributed by atoms with E-state index in [1.807, 2.05) is 38.1 Å². The van der Waals surface area contributed by atoms with Crippen LogP contribution in [-0.2, 0) is 14.3 Å². The van der Waals surface area contributed by atoms with Gasteiger partial charge in [0.2, 0.25) is 6.10 Å². The molecule has 0 radical (unpaired) electrons. The summed E-state index contributed by atoms with van der Waals surface area (Å²) in [5.74, 6) is -1.27. The number of nitrogens with one attached hydrogen (secondary N) is 1. The lowest BCUT2D eigenvalue weighted by molar-refractivity contribution is -0.154. The Morgan fingerprint density at radius 1 is 1.00 bits per heavy atom. The van der Waals surface area contributed by atoms with Crippen molar-refractivity contribution in [1.82, 2.24) is 0 Å². The van der Waals surface area contributed by atoms with Crippen molar-refractivity contribution in [3.8, 4) is 0 Å². The van der Waals surface area contributed by atoms with Crippen LogP contribution in [0.2, 0.25) is 4.34 Å². The lowest BCUT2D eigenvalue weighted by atomic mass is 10.1. The van der Waals surface area contributed by atoms with E-state index in [1.54, 1.807) is 36.4 Å². The van der Waals surface area contributed by atoms with E-state index >= 15 is 0 Å². The van der Waals surface area contributed by atoms with Crippen LogP contribution in [0.15, 0.2) is 60.7 Å². The molecule has 1 aromatic heterocycles. The van der Waals surface area contributed by atoms with Gasteiger partial charge in [-0.2, -0.15) is 0 Å². The topological polar surface area (TPSA) is 72.5 Å². The molecular weight excluding hydrogens is 434 g/mol. The number of ether oxygens (including phenoxy) is 1. The Kier molecular flexibility index (Phi) is 7.60. The van der Waals surface area contributed by atoms with Gasteiger partial charge in [-0.05, 0) is 43.2 Å². The third-order valence-electron chi connectivity index (χ3n) is 4.64. The maximum atomic E-state index is 13.0. The monoisotopic (exact) mass is 455 g/mol. The molecule has 1 N–H and O–H groups in total. The molecule has 160 valence electrons. The van der Waals surface area contributed by atoms with Gasteiger partial charge in [-0.1, -0.05) is 54.1 Å². The van der Waals surface area contributed by atoms with E-state index in [1.165, 1.54) is 11.3 Å². The van der Waals surface area contributed by atoms with Gasteiger partial charge in [0.15, 0.2) is 5.78 Å². The van der Waals surface area contributed by atoms with Crippen LogP contribution in [0.25, 0.3) is 0 Å². The van der Waals surface area contributed by atoms with Crippen molar-refractivity contribution in [2.45, 2.75) is 32.8 Å². The third-order valence-corrected chi connectivity index (χ3v) is 5.92. The van der Waals surface area contributed by atoms with Crippen LogP contribution in [0.3, 0.4) is 0 Å². The minimum absolute atomic E-state index is 0.0181. The first-order chi connectivity index (χ1) is 14.8. The van der Waals surface area contributed by atoms with Gasteiger partial charge < -0.3 is 10.1 Å². The summed E-state index contributed by atoms with van der Waals surface area (Å²) in [6.07, 6.45) is -1.27. The number of thiophene rings is 1. The molecule has 2 aromatic carbocycles. The molecule has 0 saturated carbocycles. The first-order valence-corrected chi connectivity index (χ1v) is 10.9. The maximum absolute atomic E-state index is 13.0. The molecule has 1 amide bonds. The number of benzene rings is 2. The number of esters is 1. The number of rotatable bonds is 8. The number of hydrogen-bond donors (Lipinski definition) is 1. The van der Waals surface area contributed by atoms with E-state index in [0.29, 0.717) is 20.5 Å². The molecule has 31 heavy (non-hydrogen) atoms. The van der Waals surface area contributed by atoms with E-state index in [4.69, 9.17) is 16.3 Å². The predicted octanol–water partition coefficient (Wildman–Crippen LogP) is 5.90. The normalized spacial score (nSPS) is 11.6. The predicted molar refractivity (Wildman–Crippen MR) is 123 cm³/mol. The zero-order chi connectivity index (χ0) is 22.4. The van der Waals surface area contributed by atoms with Crippen LogP contribution in [0.1, 0.15) is 45.3 Å². The first kappa shape index (κ1) is 22.7. The lowest BCUT2D eigenvalue weighted by Gasteiger charge is -2.19. The second-order valence-corrected chi connectivity index (χ2v) is 8.83. The van der Waals surface area contributed by atoms with E-state index < -0.39 is 18.0 Å². The fourth-order valence-electron chi connectivity index (χ4n) is 2.96. The molecule has 7 heteroatoms. The molecule has 0 aliphatic rings. The summed E-state index contributed by atoms with van der Waals surface area (Å²) in [5, 5.41) is 2.85. The van der Waals surface area contributed by atoms with Gasteiger partial charge >= 0.3 is 5.97 Å². The maximum Gasteiger partial charge on any atom is 0.307 e. The van der Waals surface area contributed by atoms with Gasteiger partial charge in [0.25, 0.3) is 5.91 Å². The molecular formula is C24H22ClNO4S. The molecule has 3 rings (SSSR count). The van der Waals surface area contributed by atoms with Crippen LogP contribution in [0.5, 0.6) is 0 Å². The van der Waals surface area contributed by atoms with Gasteiger partial charge in [-0.3, -0.25) is 14.4 Å². The third kappa shape index (κ3) is 6.26. The van der Waals surface area contributed by atoms with Gasteiger partial charge in [0.05, 0.1) is 15.6 Å². The van der Waals surface area contributed by atoms with Crippen LogP contribution < -0.4 is 5.32 Å². The quantitative estimate of drug-likeness (QED) is 0.339. The van der Waals surface area contributed by atoms with E-state index in [2.05, 4.69) is 5.32 Å². The smallest absolute Gasteiger partial charge is 0.307 e. The van der Waals surface area contributed by atoms with Crippen LogP contribution in [0.4, 0.5) is 5.69 Å². The Morgan fingerprint density at radius 2 is 1.74 bits per heavy atom. The van der Waals surface area contributed by atoms with Gasteiger partial charge in [0.1, 0.15) is 0 Å². The van der Waals surface area contributed by atoms with E-state index in [0.717, 1.165) is 11.1 Å². The largest absolute Gasteiger partial charge is 0.447 e. The summed E-state index contributed by atoms with van der Waals surface area (Å²) >= 11 is 7.02. The minimum atomic E-state index is -1.13. The van der Waals surface area contributed by atoms with Crippen molar-refractivity contribution in [1.29, 1.82) is 0 Å². The molecule has 0 saturated heterocycles. The number of carbonyl (C=O) groups is 3. The molecule has 0 aliphatic heterocycles. The number of halogens is 1. The number of Topliss-reactive ketones (excluding diaryl/α,β-unsaturated/α-hetero) is 1. The number of aryl methyl sites for hydroxylation is 2. The van der Waals surface area contributed by atoms with Gasteiger partial charge in [-0.15, -0.1) is 11.3 Å². The van der Waals surface area contributed by atoms with Crippen LogP contribution in [-0.4, -0.2) is 17.7 Å². The summed E-state index contributed by atoms with van der Waals surface area (Å²) in [4.78, 5) is 38.2. The first-order valence-electron chi connectivity index (χ1n) is 9.74. The van der Waals surface area contributed by atoms with Crippen molar-refractivity contribution in [3.05, 3.63) is 86.6 Å². The Hall–Kier alpha value is -2.96. The number of anilines is 1. The Bertz CT molecular complexity index is 1090. The average Bonchev–Trinajstić information content (AvgIpc) is 3.20. The molecule has 3 aromatic rings. The number of amides is 1. The summed E-state index contributed by atoms with van der Waals surface area (Å²) in [6.45, 7) is 3.82. The summed E-state index contributed by atoms with van der Waals surface area (Å²) in [6, 6.07) is 17.8. The molecule has 1 heterocycles. The highest BCUT2D eigenvalue weighted by molar-refractivity contribution is 7.18. The SMILES string of the molecule is Cc1ccc(C)c(NC(=O)C(OC(=O)CCC(=O)c2ccc(Cl)s2)c2ccccc2)c1. The molecule has 0 fully saturated rings. The standard InChI is InChI=1S/C24H22ClNO4S/c1-15-8-9-16(2)18(14-15)26-24(29)23(17-6-4-3-5-7-17)30-22(28)13-10-19(27)20-11-12-21(25)31-20/h3-9,11-12,14,23H,10,13H2,1-2H3,(H,26,29). The number of ketones is 1. The highest BCUT2D eigenvalue weighted by atomic mass is 35.5. The lowest BCUT2D eigenvalue weighted by Crippen LogP contribution is -2.26. The fraction of sp³-hybridized carbons (Fsp3) is 0.208. The van der Waals surface area contributed by atoms with Crippen molar-refractivity contribution in [2.24, 2.45) is 0 Å². The van der Waals surface area contributed by atoms with Crippen molar-refractivity contribution in [3.63, 3.8) is 0 Å². The number of hydrogen-bond acceptors (Lipinski definition) is 5. The zero-order valence-electron chi connectivity index (χ0n) is 17.2. The Labute approximate surface area is 190 Å². The molecule has 1 atom stereocenters. The Morgan fingerprint density at radius 3 is 2.42 bits per heavy atom.